The molecule has 1 aromatic heterocycles. The molecule has 0 bridgehead atoms. The van der Waals surface area contributed by atoms with Gasteiger partial charge in [0.15, 0.2) is 0 Å². The monoisotopic (exact) mass is 168 g/mol. The zero-order valence-corrected chi connectivity index (χ0v) is 6.97. The fraction of sp³-hybridized carbons (Fsp3) is 0.250. The molecule has 66 valence electrons. The molecule has 0 aromatic carbocycles. The standard InChI is InChI=1S/C5H8N2.C3H4O2/c1-2-7-4-3-6-5-7;1-2-3(4)5/h3-5H,2H2,1H3;2H,1H2,(H,4,5). The Morgan fingerprint density at radius 1 is 1.83 bits per heavy atom. The van der Waals surface area contributed by atoms with E-state index in [0.29, 0.717) is 0 Å². The van der Waals surface area contributed by atoms with E-state index in [1.165, 1.54) is 0 Å². The second kappa shape index (κ2) is 6.15. The lowest BCUT2D eigenvalue weighted by atomic mass is 10.7. The largest absolute Gasteiger partial charge is 0.478 e. The van der Waals surface area contributed by atoms with Crippen LogP contribution in [0, 0.1) is 0 Å². The summed E-state index contributed by atoms with van der Waals surface area (Å²) in [6.07, 6.45) is 6.36. The van der Waals surface area contributed by atoms with Gasteiger partial charge in [-0.3, -0.25) is 0 Å². The molecule has 0 unspecified atom stereocenters. The van der Waals surface area contributed by atoms with Crippen molar-refractivity contribution < 1.29 is 9.90 Å². The van der Waals surface area contributed by atoms with Gasteiger partial charge in [-0.05, 0) is 6.92 Å². The van der Waals surface area contributed by atoms with Crippen molar-refractivity contribution in [2.24, 2.45) is 0 Å². The van der Waals surface area contributed by atoms with Crippen molar-refractivity contribution in [1.29, 1.82) is 0 Å². The average Bonchev–Trinajstić information content (AvgIpc) is 2.57. The summed E-state index contributed by atoms with van der Waals surface area (Å²) in [5.41, 5.74) is 0. The number of aliphatic carboxylic acids is 1. The summed E-state index contributed by atoms with van der Waals surface area (Å²) < 4.78 is 2.01. The fourth-order valence-corrected chi connectivity index (χ4v) is 0.474. The first-order chi connectivity index (χ1) is 5.70. The molecule has 0 fully saturated rings. The molecule has 0 radical (unpaired) electrons. The highest BCUT2D eigenvalue weighted by molar-refractivity contribution is 5.78. The molecule has 0 spiro atoms. The van der Waals surface area contributed by atoms with Crippen molar-refractivity contribution in [3.63, 3.8) is 0 Å². The lowest BCUT2D eigenvalue weighted by molar-refractivity contribution is -0.131. The Labute approximate surface area is 71.2 Å². The normalized spacial score (nSPS) is 8.08. The number of carbonyl (C=O) groups is 1. The van der Waals surface area contributed by atoms with Gasteiger partial charge in [-0.25, -0.2) is 9.78 Å². The van der Waals surface area contributed by atoms with E-state index in [9.17, 15) is 4.79 Å². The van der Waals surface area contributed by atoms with Gasteiger partial charge in [-0.1, -0.05) is 6.58 Å². The highest BCUT2D eigenvalue weighted by Crippen LogP contribution is 1.81. The molecular weight excluding hydrogens is 156 g/mol. The van der Waals surface area contributed by atoms with E-state index in [2.05, 4.69) is 18.5 Å². The number of hydrogen-bond acceptors (Lipinski definition) is 2. The van der Waals surface area contributed by atoms with Gasteiger partial charge in [-0.15, -0.1) is 0 Å². The quantitative estimate of drug-likeness (QED) is 0.674. The Morgan fingerprint density at radius 3 is 2.58 bits per heavy atom. The van der Waals surface area contributed by atoms with Crippen LogP contribution in [-0.4, -0.2) is 20.6 Å². The predicted octanol–water partition coefficient (Wildman–Crippen LogP) is 1.16. The number of carboxylic acid groups (broad SMARTS) is 1. The smallest absolute Gasteiger partial charge is 0.327 e. The van der Waals surface area contributed by atoms with Crippen molar-refractivity contribution in [1.82, 2.24) is 9.55 Å². The summed E-state index contributed by atoms with van der Waals surface area (Å²) in [6.45, 7) is 6.06. The minimum Gasteiger partial charge on any atom is -0.478 e. The zero-order chi connectivity index (χ0) is 9.40. The molecule has 1 heterocycles. The highest BCUT2D eigenvalue weighted by atomic mass is 16.4. The van der Waals surface area contributed by atoms with E-state index in [4.69, 9.17) is 5.11 Å². The minimum atomic E-state index is -0.981. The second-order valence-corrected chi connectivity index (χ2v) is 1.94. The number of nitrogens with zero attached hydrogens (tertiary/aromatic N) is 2. The van der Waals surface area contributed by atoms with Gasteiger partial charge in [0.2, 0.25) is 0 Å². The Morgan fingerprint density at radius 2 is 2.42 bits per heavy atom. The maximum Gasteiger partial charge on any atom is 0.327 e. The van der Waals surface area contributed by atoms with Crippen molar-refractivity contribution in [3.8, 4) is 0 Å². The van der Waals surface area contributed by atoms with Crippen LogP contribution in [0.4, 0.5) is 0 Å². The lowest BCUT2D eigenvalue weighted by Crippen LogP contribution is -1.85. The highest BCUT2D eigenvalue weighted by Gasteiger charge is 1.77. The third-order valence-corrected chi connectivity index (χ3v) is 1.10. The van der Waals surface area contributed by atoms with Gasteiger partial charge in [0.25, 0.3) is 0 Å². The molecule has 1 aromatic rings. The topological polar surface area (TPSA) is 55.1 Å². The SMILES string of the molecule is C=CC(=O)O.CCn1ccnc1. The molecule has 1 N–H and O–H groups in total. The molecule has 4 heteroatoms. The van der Waals surface area contributed by atoms with Gasteiger partial charge in [0.05, 0.1) is 6.33 Å². The fourth-order valence-electron chi connectivity index (χ4n) is 0.474. The molecule has 0 saturated carbocycles. The molecule has 0 saturated heterocycles. The zero-order valence-electron chi connectivity index (χ0n) is 6.97. The number of imidazole rings is 1. The van der Waals surface area contributed by atoms with Gasteiger partial charge >= 0.3 is 5.97 Å². The first kappa shape index (κ1) is 10.4. The van der Waals surface area contributed by atoms with Crippen LogP contribution in [-0.2, 0) is 11.3 Å². The van der Waals surface area contributed by atoms with E-state index in [-0.39, 0.29) is 0 Å². The number of aryl methyl sites for hydroxylation is 1. The summed E-state index contributed by atoms with van der Waals surface area (Å²) >= 11 is 0. The van der Waals surface area contributed by atoms with Gasteiger partial charge in [0.1, 0.15) is 0 Å². The van der Waals surface area contributed by atoms with E-state index in [1.807, 2.05) is 10.8 Å². The molecule has 1 rings (SSSR count). The predicted molar refractivity (Wildman–Crippen MR) is 45.7 cm³/mol. The Balaban J connectivity index is 0.000000217. The molecule has 0 aliphatic rings. The Kier molecular flexibility index (Phi) is 5.34. The summed E-state index contributed by atoms with van der Waals surface area (Å²) in [5.74, 6) is -0.981. The van der Waals surface area contributed by atoms with Gasteiger partial charge in [-0.2, -0.15) is 0 Å². The first-order valence-electron chi connectivity index (χ1n) is 3.51. The Bertz CT molecular complexity index is 229. The summed E-state index contributed by atoms with van der Waals surface area (Å²) in [5, 5.41) is 7.60. The number of hydrogen-bond donors (Lipinski definition) is 1. The number of aromatic nitrogens is 2. The van der Waals surface area contributed by atoms with Gasteiger partial charge < -0.3 is 9.67 Å². The van der Waals surface area contributed by atoms with Crippen LogP contribution in [0.15, 0.2) is 31.4 Å². The number of carboxylic acids is 1. The number of rotatable bonds is 2. The third-order valence-electron chi connectivity index (χ3n) is 1.10. The van der Waals surface area contributed by atoms with E-state index in [1.54, 1.807) is 12.5 Å². The van der Waals surface area contributed by atoms with Crippen LogP contribution in [0.25, 0.3) is 0 Å². The van der Waals surface area contributed by atoms with Crippen molar-refractivity contribution in [2.75, 3.05) is 0 Å². The Hall–Kier alpha value is -1.58. The first-order valence-corrected chi connectivity index (χ1v) is 3.51. The molecule has 12 heavy (non-hydrogen) atoms. The molecule has 0 atom stereocenters. The average molecular weight is 168 g/mol. The summed E-state index contributed by atoms with van der Waals surface area (Å²) in [7, 11) is 0. The van der Waals surface area contributed by atoms with Crippen molar-refractivity contribution in [2.45, 2.75) is 13.5 Å². The third kappa shape index (κ3) is 5.22. The molecule has 0 amide bonds. The van der Waals surface area contributed by atoms with Gasteiger partial charge in [0, 0.05) is 25.0 Å². The maximum atomic E-state index is 9.25. The second-order valence-electron chi connectivity index (χ2n) is 1.94. The maximum absolute atomic E-state index is 9.25. The van der Waals surface area contributed by atoms with Crippen LogP contribution in [0.1, 0.15) is 6.92 Å². The molecule has 4 nitrogen and oxygen atoms in total. The van der Waals surface area contributed by atoms with E-state index >= 15 is 0 Å². The van der Waals surface area contributed by atoms with E-state index < -0.39 is 5.97 Å². The van der Waals surface area contributed by atoms with E-state index in [0.717, 1.165) is 12.6 Å². The minimum absolute atomic E-state index is 0.833. The van der Waals surface area contributed by atoms with Crippen LogP contribution in [0.3, 0.4) is 0 Å². The van der Waals surface area contributed by atoms with Crippen molar-refractivity contribution >= 4 is 5.97 Å². The van der Waals surface area contributed by atoms with Crippen LogP contribution in [0.5, 0.6) is 0 Å². The summed E-state index contributed by atoms with van der Waals surface area (Å²) in [6, 6.07) is 0. The summed E-state index contributed by atoms with van der Waals surface area (Å²) in [4.78, 5) is 13.1. The molecule has 0 aliphatic heterocycles. The molecule has 0 aliphatic carbocycles. The van der Waals surface area contributed by atoms with Crippen molar-refractivity contribution in [3.05, 3.63) is 31.4 Å². The van der Waals surface area contributed by atoms with Crippen LogP contribution >= 0.6 is 0 Å². The van der Waals surface area contributed by atoms with Crippen LogP contribution < -0.4 is 0 Å². The van der Waals surface area contributed by atoms with Crippen LogP contribution in [0.2, 0.25) is 0 Å². The molecular formula is C8H12N2O2. The lowest BCUT2D eigenvalue weighted by Gasteiger charge is -1.87.